The molecule has 3 N–H and O–H groups in total. The largest absolute Gasteiger partial charge is 0.481 e. The molecule has 0 bridgehead atoms. The summed E-state index contributed by atoms with van der Waals surface area (Å²) in [5, 5.41) is 14.0. The van der Waals surface area contributed by atoms with Gasteiger partial charge in [0.25, 0.3) is 0 Å². The van der Waals surface area contributed by atoms with Crippen molar-refractivity contribution < 1.29 is 19.5 Å². The Labute approximate surface area is 120 Å². The van der Waals surface area contributed by atoms with Crippen LogP contribution in [0.2, 0.25) is 0 Å². The van der Waals surface area contributed by atoms with Crippen LogP contribution in [0.4, 0.5) is 0 Å². The highest BCUT2D eigenvalue weighted by molar-refractivity contribution is 5.87. The van der Waals surface area contributed by atoms with Gasteiger partial charge in [0.15, 0.2) is 0 Å². The van der Waals surface area contributed by atoms with Gasteiger partial charge in [0.1, 0.15) is 6.04 Å². The van der Waals surface area contributed by atoms with Crippen molar-refractivity contribution in [2.24, 2.45) is 11.3 Å². The van der Waals surface area contributed by atoms with Crippen molar-refractivity contribution in [3.8, 4) is 0 Å². The molecule has 2 amide bonds. The van der Waals surface area contributed by atoms with E-state index in [0.717, 1.165) is 0 Å². The third-order valence-corrected chi connectivity index (χ3v) is 2.87. The summed E-state index contributed by atoms with van der Waals surface area (Å²) < 4.78 is 0. The van der Waals surface area contributed by atoms with E-state index in [4.69, 9.17) is 5.11 Å². The molecule has 0 fully saturated rings. The maximum absolute atomic E-state index is 12.0. The Bertz CT molecular complexity index is 364. The minimum atomic E-state index is -0.937. The third kappa shape index (κ3) is 7.76. The van der Waals surface area contributed by atoms with Gasteiger partial charge in [0.2, 0.25) is 11.8 Å². The summed E-state index contributed by atoms with van der Waals surface area (Å²) in [4.78, 5) is 34.4. The van der Waals surface area contributed by atoms with Gasteiger partial charge in [-0.25, -0.2) is 0 Å². The highest BCUT2D eigenvalue weighted by Gasteiger charge is 2.28. The average molecular weight is 286 g/mol. The van der Waals surface area contributed by atoms with E-state index in [0.29, 0.717) is 6.42 Å². The lowest BCUT2D eigenvalue weighted by molar-refractivity contribution is -0.140. The summed E-state index contributed by atoms with van der Waals surface area (Å²) in [5.41, 5.74) is -0.638. The molecule has 0 saturated heterocycles. The Morgan fingerprint density at radius 1 is 1.15 bits per heavy atom. The quantitative estimate of drug-likeness (QED) is 0.624. The van der Waals surface area contributed by atoms with E-state index < -0.39 is 17.4 Å². The van der Waals surface area contributed by atoms with Crippen molar-refractivity contribution >= 4 is 17.8 Å². The van der Waals surface area contributed by atoms with Gasteiger partial charge in [-0.2, -0.15) is 0 Å². The lowest BCUT2D eigenvalue weighted by Gasteiger charge is -2.24. The number of carbonyl (C=O) groups excluding carboxylic acids is 2. The monoisotopic (exact) mass is 286 g/mol. The van der Waals surface area contributed by atoms with Crippen LogP contribution in [0, 0.1) is 11.3 Å². The molecular weight excluding hydrogens is 260 g/mol. The van der Waals surface area contributed by atoms with Crippen molar-refractivity contribution in [2.75, 3.05) is 7.05 Å². The lowest BCUT2D eigenvalue weighted by Crippen LogP contribution is -2.47. The smallest absolute Gasteiger partial charge is 0.303 e. The number of carboxylic acids is 1. The van der Waals surface area contributed by atoms with Crippen LogP contribution in [0.25, 0.3) is 0 Å². The highest BCUT2D eigenvalue weighted by atomic mass is 16.4. The van der Waals surface area contributed by atoms with Crippen LogP contribution in [0.15, 0.2) is 0 Å². The molecule has 0 aromatic heterocycles. The van der Waals surface area contributed by atoms with Crippen molar-refractivity contribution in [3.05, 3.63) is 0 Å². The fourth-order valence-electron chi connectivity index (χ4n) is 2.03. The highest BCUT2D eigenvalue weighted by Crippen LogP contribution is 2.24. The molecular formula is C14H26N2O4. The van der Waals surface area contributed by atoms with Crippen molar-refractivity contribution in [1.82, 2.24) is 10.6 Å². The molecule has 0 radical (unpaired) electrons. The number of hydrogen-bond acceptors (Lipinski definition) is 3. The fraction of sp³-hybridized carbons (Fsp3) is 0.786. The van der Waals surface area contributed by atoms with Crippen LogP contribution in [-0.4, -0.2) is 36.0 Å². The summed E-state index contributed by atoms with van der Waals surface area (Å²) in [6.07, 6.45) is 0.533. The molecule has 0 rings (SSSR count). The summed E-state index contributed by atoms with van der Waals surface area (Å²) >= 11 is 0. The van der Waals surface area contributed by atoms with Crippen LogP contribution in [0.1, 0.15) is 47.0 Å². The van der Waals surface area contributed by atoms with Gasteiger partial charge >= 0.3 is 5.97 Å². The standard InChI is InChI=1S/C14H26N2O4/c1-9(2)6-10(13(20)15-5)16-11(17)7-14(3,4)8-12(18)19/h9-10H,6-8H2,1-5H3,(H,15,20)(H,16,17)(H,18,19). The molecule has 0 spiro atoms. The average Bonchev–Trinajstić information content (AvgIpc) is 2.23. The Morgan fingerprint density at radius 2 is 1.70 bits per heavy atom. The Hall–Kier alpha value is -1.59. The topological polar surface area (TPSA) is 95.5 Å². The minimum absolute atomic E-state index is 0.0743. The van der Waals surface area contributed by atoms with Gasteiger partial charge in [-0.1, -0.05) is 27.7 Å². The molecule has 0 aromatic carbocycles. The molecule has 0 aliphatic heterocycles. The Morgan fingerprint density at radius 3 is 2.10 bits per heavy atom. The van der Waals surface area contributed by atoms with E-state index in [1.807, 2.05) is 13.8 Å². The maximum atomic E-state index is 12.0. The third-order valence-electron chi connectivity index (χ3n) is 2.87. The molecule has 0 aromatic rings. The molecule has 0 aliphatic carbocycles. The SMILES string of the molecule is CNC(=O)C(CC(C)C)NC(=O)CC(C)(C)CC(=O)O. The van der Waals surface area contributed by atoms with Gasteiger partial charge in [0.05, 0.1) is 6.42 Å². The van der Waals surface area contributed by atoms with Crippen LogP contribution < -0.4 is 10.6 Å². The van der Waals surface area contributed by atoms with Gasteiger partial charge in [0, 0.05) is 13.5 Å². The van der Waals surface area contributed by atoms with Crippen molar-refractivity contribution in [3.63, 3.8) is 0 Å². The molecule has 20 heavy (non-hydrogen) atoms. The fourth-order valence-corrected chi connectivity index (χ4v) is 2.03. The van der Waals surface area contributed by atoms with Crippen LogP contribution in [0.3, 0.4) is 0 Å². The first-order valence-electron chi connectivity index (χ1n) is 6.80. The van der Waals surface area contributed by atoms with Gasteiger partial charge in [-0.05, 0) is 17.8 Å². The zero-order valence-electron chi connectivity index (χ0n) is 12.9. The number of nitrogens with one attached hydrogen (secondary N) is 2. The number of rotatable bonds is 8. The number of hydrogen-bond donors (Lipinski definition) is 3. The van der Waals surface area contributed by atoms with Gasteiger partial charge in [-0.15, -0.1) is 0 Å². The number of likely N-dealkylation sites (N-methyl/N-ethyl adjacent to an activating group) is 1. The minimum Gasteiger partial charge on any atom is -0.481 e. The Kier molecular flexibility index (Phi) is 7.24. The van der Waals surface area contributed by atoms with Crippen molar-refractivity contribution in [2.45, 2.75) is 53.0 Å². The second-order valence-corrected chi connectivity index (χ2v) is 6.28. The predicted octanol–water partition coefficient (Wildman–Crippen LogP) is 1.15. The van der Waals surface area contributed by atoms with Gasteiger partial charge in [-0.3, -0.25) is 14.4 Å². The lowest BCUT2D eigenvalue weighted by atomic mass is 9.85. The maximum Gasteiger partial charge on any atom is 0.303 e. The first-order valence-corrected chi connectivity index (χ1v) is 6.80. The first kappa shape index (κ1) is 18.4. The van der Waals surface area contributed by atoms with Crippen LogP contribution in [-0.2, 0) is 14.4 Å². The number of carboxylic acid groups (broad SMARTS) is 1. The van der Waals surface area contributed by atoms with E-state index in [2.05, 4.69) is 10.6 Å². The molecule has 6 heteroatoms. The number of amides is 2. The zero-order valence-corrected chi connectivity index (χ0v) is 12.9. The normalized spacial score (nSPS) is 12.9. The zero-order chi connectivity index (χ0) is 15.9. The number of aliphatic carboxylic acids is 1. The van der Waals surface area contributed by atoms with E-state index in [9.17, 15) is 14.4 Å². The molecule has 116 valence electrons. The summed E-state index contributed by atoms with van der Waals surface area (Å²) in [6, 6.07) is -0.576. The summed E-state index contributed by atoms with van der Waals surface area (Å²) in [6.45, 7) is 7.38. The molecule has 0 saturated carbocycles. The second kappa shape index (κ2) is 7.87. The first-order chi connectivity index (χ1) is 9.07. The summed E-state index contributed by atoms with van der Waals surface area (Å²) in [7, 11) is 1.52. The molecule has 1 atom stereocenters. The molecule has 0 aliphatic rings. The van der Waals surface area contributed by atoms with Crippen LogP contribution in [0.5, 0.6) is 0 Å². The van der Waals surface area contributed by atoms with Crippen LogP contribution >= 0.6 is 0 Å². The number of carbonyl (C=O) groups is 3. The molecule has 1 unspecified atom stereocenters. The van der Waals surface area contributed by atoms with E-state index in [1.54, 1.807) is 13.8 Å². The summed E-state index contributed by atoms with van der Waals surface area (Å²) in [5.74, 6) is -1.20. The van der Waals surface area contributed by atoms with E-state index >= 15 is 0 Å². The molecule has 6 nitrogen and oxygen atoms in total. The second-order valence-electron chi connectivity index (χ2n) is 6.28. The molecule has 0 heterocycles. The van der Waals surface area contributed by atoms with Gasteiger partial charge < -0.3 is 15.7 Å². The van der Waals surface area contributed by atoms with Crippen molar-refractivity contribution in [1.29, 1.82) is 0 Å². The Balaban J connectivity index is 4.60. The van der Waals surface area contributed by atoms with E-state index in [-0.39, 0.29) is 30.6 Å². The predicted molar refractivity (Wildman–Crippen MR) is 76.1 cm³/mol. The van der Waals surface area contributed by atoms with E-state index in [1.165, 1.54) is 7.05 Å².